The Balaban J connectivity index is 1.90. The van der Waals surface area contributed by atoms with Crippen molar-refractivity contribution in [2.75, 3.05) is 31.5 Å². The van der Waals surface area contributed by atoms with Gasteiger partial charge in [0.2, 0.25) is 5.91 Å². The average molecular weight is 275 g/mol. The molecule has 5 nitrogen and oxygen atoms in total. The molecule has 1 aliphatic heterocycles. The first-order valence-electron chi connectivity index (χ1n) is 7.07. The van der Waals surface area contributed by atoms with Gasteiger partial charge in [-0.05, 0) is 30.8 Å². The minimum Gasteiger partial charge on any atom is -0.351 e. The highest BCUT2D eigenvalue weighted by Crippen LogP contribution is 2.23. The topological polar surface area (TPSA) is 61.4 Å². The number of carbonyl (C=O) groups is 2. The monoisotopic (exact) mass is 275 g/mol. The summed E-state index contributed by atoms with van der Waals surface area (Å²) in [6, 6.07) is 5.35. The lowest BCUT2D eigenvalue weighted by Crippen LogP contribution is -2.34. The Labute approximate surface area is 119 Å². The quantitative estimate of drug-likeness (QED) is 0.821. The van der Waals surface area contributed by atoms with Crippen LogP contribution < -0.4 is 10.6 Å². The highest BCUT2D eigenvalue weighted by atomic mass is 16.2. The minimum atomic E-state index is -0.0962. The predicted molar refractivity (Wildman–Crippen MR) is 78.9 cm³/mol. The number of rotatable bonds is 6. The van der Waals surface area contributed by atoms with E-state index in [1.807, 2.05) is 6.07 Å². The smallest absolute Gasteiger partial charge is 0.251 e. The molecule has 1 aromatic carbocycles. The molecule has 0 saturated heterocycles. The Kier molecular flexibility index (Phi) is 4.74. The molecule has 108 valence electrons. The van der Waals surface area contributed by atoms with E-state index in [-0.39, 0.29) is 11.8 Å². The van der Waals surface area contributed by atoms with Crippen LogP contribution in [0, 0.1) is 0 Å². The molecule has 2 rings (SSSR count). The highest BCUT2D eigenvalue weighted by molar-refractivity contribution is 6.02. The van der Waals surface area contributed by atoms with Gasteiger partial charge in [-0.2, -0.15) is 0 Å². The van der Waals surface area contributed by atoms with Crippen LogP contribution in [0.2, 0.25) is 0 Å². The molecule has 1 aliphatic rings. The third-order valence-electron chi connectivity index (χ3n) is 3.61. The Bertz CT molecular complexity index is 510. The fourth-order valence-corrected chi connectivity index (χ4v) is 2.33. The van der Waals surface area contributed by atoms with Crippen molar-refractivity contribution in [3.63, 3.8) is 0 Å². The Morgan fingerprint density at radius 3 is 2.80 bits per heavy atom. The van der Waals surface area contributed by atoms with Crippen molar-refractivity contribution in [1.82, 2.24) is 10.2 Å². The van der Waals surface area contributed by atoms with Crippen LogP contribution in [0.3, 0.4) is 0 Å². The molecule has 0 radical (unpaired) electrons. The molecule has 0 aromatic heterocycles. The molecule has 0 bridgehead atoms. The Hall–Kier alpha value is -1.88. The molecule has 20 heavy (non-hydrogen) atoms. The molecular weight excluding hydrogens is 254 g/mol. The summed E-state index contributed by atoms with van der Waals surface area (Å²) in [4.78, 5) is 25.6. The number of hydrogen-bond donors (Lipinski definition) is 2. The third kappa shape index (κ3) is 3.36. The number of likely N-dealkylation sites (N-methyl/N-ethyl adjacent to an activating group) is 1. The van der Waals surface area contributed by atoms with Crippen molar-refractivity contribution in [2.45, 2.75) is 20.3 Å². The lowest BCUT2D eigenvalue weighted by atomic mass is 10.1. The van der Waals surface area contributed by atoms with Gasteiger partial charge in [0.25, 0.3) is 5.91 Å². The zero-order chi connectivity index (χ0) is 14.5. The standard InChI is InChI=1S/C15H21N3O2/c1-3-18(4-2)8-7-16-15(20)12-6-5-11-10-14(19)17-13(11)9-12/h5-6,9H,3-4,7-8,10H2,1-2H3,(H,16,20)(H,17,19). The summed E-state index contributed by atoms with van der Waals surface area (Å²) in [6.45, 7) is 7.65. The molecule has 5 heteroatoms. The number of nitrogens with one attached hydrogen (secondary N) is 2. The van der Waals surface area contributed by atoms with E-state index in [1.54, 1.807) is 12.1 Å². The molecule has 2 amide bonds. The van der Waals surface area contributed by atoms with Crippen molar-refractivity contribution in [1.29, 1.82) is 0 Å². The van der Waals surface area contributed by atoms with E-state index in [1.165, 1.54) is 0 Å². The predicted octanol–water partition coefficient (Wildman–Crippen LogP) is 1.25. The van der Waals surface area contributed by atoms with Gasteiger partial charge in [0.05, 0.1) is 6.42 Å². The van der Waals surface area contributed by atoms with Gasteiger partial charge in [-0.15, -0.1) is 0 Å². The lowest BCUT2D eigenvalue weighted by molar-refractivity contribution is -0.115. The van der Waals surface area contributed by atoms with Gasteiger partial charge in [-0.25, -0.2) is 0 Å². The maximum absolute atomic E-state index is 12.0. The van der Waals surface area contributed by atoms with Gasteiger partial charge < -0.3 is 15.5 Å². The summed E-state index contributed by atoms with van der Waals surface area (Å²) < 4.78 is 0. The fraction of sp³-hybridized carbons (Fsp3) is 0.467. The van der Waals surface area contributed by atoms with E-state index < -0.39 is 0 Å². The number of fused-ring (bicyclic) bond motifs is 1. The molecule has 0 saturated carbocycles. The van der Waals surface area contributed by atoms with Crippen LogP contribution in [0.5, 0.6) is 0 Å². The second-order valence-corrected chi connectivity index (χ2v) is 4.88. The maximum atomic E-state index is 12.0. The van der Waals surface area contributed by atoms with Crippen LogP contribution in [0.4, 0.5) is 5.69 Å². The summed E-state index contributed by atoms with van der Waals surface area (Å²) in [5.74, 6) is -0.111. The highest BCUT2D eigenvalue weighted by Gasteiger charge is 2.18. The number of hydrogen-bond acceptors (Lipinski definition) is 3. The summed E-state index contributed by atoms with van der Waals surface area (Å²) in [5.41, 5.74) is 2.30. The molecule has 0 atom stereocenters. The molecule has 1 aromatic rings. The van der Waals surface area contributed by atoms with Crippen molar-refractivity contribution in [3.05, 3.63) is 29.3 Å². The van der Waals surface area contributed by atoms with Crippen LogP contribution in [-0.4, -0.2) is 42.9 Å². The van der Waals surface area contributed by atoms with E-state index in [4.69, 9.17) is 0 Å². The normalized spacial score (nSPS) is 13.2. The second-order valence-electron chi connectivity index (χ2n) is 4.88. The zero-order valence-corrected chi connectivity index (χ0v) is 12.0. The first-order valence-corrected chi connectivity index (χ1v) is 7.07. The number of anilines is 1. The van der Waals surface area contributed by atoms with Gasteiger partial charge >= 0.3 is 0 Å². The summed E-state index contributed by atoms with van der Waals surface area (Å²) in [5, 5.41) is 5.67. The molecule has 0 spiro atoms. The van der Waals surface area contributed by atoms with E-state index in [0.29, 0.717) is 18.5 Å². The minimum absolute atomic E-state index is 0.0147. The summed E-state index contributed by atoms with van der Waals surface area (Å²) in [7, 11) is 0. The molecule has 2 N–H and O–H groups in total. The third-order valence-corrected chi connectivity index (χ3v) is 3.61. The van der Waals surface area contributed by atoms with Crippen molar-refractivity contribution >= 4 is 17.5 Å². The largest absolute Gasteiger partial charge is 0.351 e. The fourth-order valence-electron chi connectivity index (χ4n) is 2.33. The van der Waals surface area contributed by atoms with Gasteiger partial charge in [0.15, 0.2) is 0 Å². The van der Waals surface area contributed by atoms with Gasteiger partial charge in [-0.3, -0.25) is 9.59 Å². The van der Waals surface area contributed by atoms with Crippen molar-refractivity contribution < 1.29 is 9.59 Å². The second kappa shape index (κ2) is 6.52. The van der Waals surface area contributed by atoms with Crippen molar-refractivity contribution in [3.8, 4) is 0 Å². The molecule has 0 fully saturated rings. The summed E-state index contributed by atoms with van der Waals surface area (Å²) >= 11 is 0. The van der Waals surface area contributed by atoms with Gasteiger partial charge in [-0.1, -0.05) is 19.9 Å². The number of nitrogens with zero attached hydrogens (tertiary/aromatic N) is 1. The number of carbonyl (C=O) groups excluding carboxylic acids is 2. The molecular formula is C15H21N3O2. The SMILES string of the molecule is CCN(CC)CCNC(=O)c1ccc2c(c1)NC(=O)C2. The van der Waals surface area contributed by atoms with Crippen LogP contribution in [0.15, 0.2) is 18.2 Å². The van der Waals surface area contributed by atoms with E-state index in [0.717, 1.165) is 30.9 Å². The van der Waals surface area contributed by atoms with Crippen LogP contribution in [0.25, 0.3) is 0 Å². The van der Waals surface area contributed by atoms with Gasteiger partial charge in [0, 0.05) is 24.3 Å². The van der Waals surface area contributed by atoms with Crippen molar-refractivity contribution in [2.24, 2.45) is 0 Å². The Morgan fingerprint density at radius 2 is 2.10 bits per heavy atom. The van der Waals surface area contributed by atoms with Crippen LogP contribution >= 0.6 is 0 Å². The molecule has 0 unspecified atom stereocenters. The maximum Gasteiger partial charge on any atom is 0.251 e. The average Bonchev–Trinajstić information content (AvgIpc) is 2.82. The first kappa shape index (κ1) is 14.5. The van der Waals surface area contributed by atoms with E-state index >= 15 is 0 Å². The summed E-state index contributed by atoms with van der Waals surface area (Å²) in [6.07, 6.45) is 0.402. The number of benzene rings is 1. The number of amides is 2. The van der Waals surface area contributed by atoms with Crippen LogP contribution in [-0.2, 0) is 11.2 Å². The zero-order valence-electron chi connectivity index (χ0n) is 12.0. The van der Waals surface area contributed by atoms with E-state index in [2.05, 4.69) is 29.4 Å². The van der Waals surface area contributed by atoms with E-state index in [9.17, 15) is 9.59 Å². The molecule has 0 aliphatic carbocycles. The first-order chi connectivity index (χ1) is 9.63. The van der Waals surface area contributed by atoms with Gasteiger partial charge in [0.1, 0.15) is 0 Å². The van der Waals surface area contributed by atoms with Crippen LogP contribution in [0.1, 0.15) is 29.8 Å². The lowest BCUT2D eigenvalue weighted by Gasteiger charge is -2.18. The molecule has 1 heterocycles. The Morgan fingerprint density at radius 1 is 1.35 bits per heavy atom.